The number of ether oxygens (including phenoxy) is 2. The quantitative estimate of drug-likeness (QED) is 0.586. The number of hydrogen-bond acceptors (Lipinski definition) is 5. The Labute approximate surface area is 177 Å². The predicted molar refractivity (Wildman–Crippen MR) is 117 cm³/mol. The van der Waals surface area contributed by atoms with Crippen molar-refractivity contribution < 1.29 is 19.1 Å². The van der Waals surface area contributed by atoms with E-state index in [2.05, 4.69) is 10.6 Å². The minimum atomic E-state index is -0.155. The number of nitrogens with one attached hydrogen (secondary N) is 2. The molecule has 1 aliphatic rings. The van der Waals surface area contributed by atoms with Crippen LogP contribution in [0.25, 0.3) is 0 Å². The van der Waals surface area contributed by atoms with Crippen molar-refractivity contribution in [2.75, 3.05) is 50.1 Å². The van der Waals surface area contributed by atoms with Gasteiger partial charge >= 0.3 is 0 Å². The van der Waals surface area contributed by atoms with Gasteiger partial charge in [-0.25, -0.2) is 0 Å². The third-order valence-corrected chi connectivity index (χ3v) is 4.82. The highest BCUT2D eigenvalue weighted by Gasteiger charge is 2.19. The Morgan fingerprint density at radius 1 is 0.933 bits per heavy atom. The van der Waals surface area contributed by atoms with E-state index < -0.39 is 0 Å². The van der Waals surface area contributed by atoms with Crippen molar-refractivity contribution in [3.05, 3.63) is 54.1 Å². The van der Waals surface area contributed by atoms with E-state index in [-0.39, 0.29) is 18.4 Å². The van der Waals surface area contributed by atoms with Crippen LogP contribution in [0, 0.1) is 0 Å². The Morgan fingerprint density at radius 3 is 2.27 bits per heavy atom. The lowest BCUT2D eigenvalue weighted by atomic mass is 10.2. The lowest BCUT2D eigenvalue weighted by Gasteiger charge is -2.15. The first-order valence-corrected chi connectivity index (χ1v) is 10.4. The first kappa shape index (κ1) is 21.6. The van der Waals surface area contributed by atoms with Gasteiger partial charge in [0.2, 0.25) is 5.91 Å². The first-order chi connectivity index (χ1) is 14.7. The van der Waals surface area contributed by atoms with Crippen LogP contribution in [0.15, 0.2) is 48.5 Å². The summed E-state index contributed by atoms with van der Waals surface area (Å²) in [5, 5.41) is 5.92. The van der Waals surface area contributed by atoms with Gasteiger partial charge in [0.25, 0.3) is 5.91 Å². The Kier molecular flexibility index (Phi) is 8.09. The molecule has 2 aromatic rings. The van der Waals surface area contributed by atoms with Crippen molar-refractivity contribution in [1.82, 2.24) is 4.90 Å². The van der Waals surface area contributed by atoms with E-state index in [0.29, 0.717) is 31.1 Å². The second-order valence-corrected chi connectivity index (χ2v) is 7.05. The lowest BCUT2D eigenvalue weighted by Crippen LogP contribution is -2.27. The fourth-order valence-electron chi connectivity index (χ4n) is 3.22. The second-order valence-electron chi connectivity index (χ2n) is 7.05. The van der Waals surface area contributed by atoms with Gasteiger partial charge in [-0.1, -0.05) is 0 Å². The molecule has 0 saturated carbocycles. The molecular formula is C23H29N3O4. The van der Waals surface area contributed by atoms with Crippen LogP contribution < -0.4 is 15.4 Å². The number of carbonyl (C=O) groups excluding carboxylic acids is 2. The molecule has 0 spiro atoms. The molecule has 0 aliphatic carbocycles. The molecule has 2 amide bonds. The zero-order valence-electron chi connectivity index (χ0n) is 17.4. The number of hydrogen-bond donors (Lipinski definition) is 2. The van der Waals surface area contributed by atoms with Crippen molar-refractivity contribution in [3.8, 4) is 5.75 Å². The monoisotopic (exact) mass is 411 g/mol. The van der Waals surface area contributed by atoms with Gasteiger partial charge < -0.3 is 25.0 Å². The molecule has 7 heteroatoms. The van der Waals surface area contributed by atoms with Gasteiger partial charge in [0.15, 0.2) is 0 Å². The molecule has 0 aromatic heterocycles. The topological polar surface area (TPSA) is 79.9 Å². The number of benzene rings is 2. The molecule has 0 bridgehead atoms. The van der Waals surface area contributed by atoms with Crippen LogP contribution >= 0.6 is 0 Å². The molecule has 160 valence electrons. The fourth-order valence-corrected chi connectivity index (χ4v) is 3.22. The van der Waals surface area contributed by atoms with Crippen molar-refractivity contribution in [2.24, 2.45) is 0 Å². The van der Waals surface area contributed by atoms with Crippen LogP contribution in [0.5, 0.6) is 5.75 Å². The molecule has 2 N–H and O–H groups in total. The average molecular weight is 412 g/mol. The van der Waals surface area contributed by atoms with E-state index in [1.165, 1.54) is 0 Å². The molecule has 0 unspecified atom stereocenters. The normalized spacial score (nSPS) is 13.2. The Hall–Kier alpha value is -3.06. The number of rotatable bonds is 10. The van der Waals surface area contributed by atoms with Crippen molar-refractivity contribution in [2.45, 2.75) is 19.8 Å². The molecular weight excluding hydrogens is 382 g/mol. The summed E-state index contributed by atoms with van der Waals surface area (Å²) in [6.07, 6.45) is 2.15. The second kappa shape index (κ2) is 11.2. The minimum Gasteiger partial charge on any atom is -0.491 e. The molecule has 7 nitrogen and oxygen atoms in total. The van der Waals surface area contributed by atoms with Crippen LogP contribution in [0.1, 0.15) is 30.1 Å². The minimum absolute atomic E-state index is 0.0714. The first-order valence-electron chi connectivity index (χ1n) is 10.4. The molecule has 30 heavy (non-hydrogen) atoms. The van der Waals surface area contributed by atoms with Gasteiger partial charge in [0, 0.05) is 36.6 Å². The number of anilines is 2. The summed E-state index contributed by atoms with van der Waals surface area (Å²) in [5.74, 6) is 0.647. The van der Waals surface area contributed by atoms with E-state index in [4.69, 9.17) is 9.47 Å². The van der Waals surface area contributed by atoms with Crippen LogP contribution in [0.2, 0.25) is 0 Å². The van der Waals surface area contributed by atoms with E-state index >= 15 is 0 Å². The molecule has 1 heterocycles. The summed E-state index contributed by atoms with van der Waals surface area (Å²) in [7, 11) is 0. The van der Waals surface area contributed by atoms with Crippen molar-refractivity contribution in [1.29, 1.82) is 0 Å². The average Bonchev–Trinajstić information content (AvgIpc) is 3.31. The third kappa shape index (κ3) is 6.49. The molecule has 1 saturated heterocycles. The maximum Gasteiger partial charge on any atom is 0.253 e. The van der Waals surface area contributed by atoms with Gasteiger partial charge in [0.05, 0.1) is 13.2 Å². The van der Waals surface area contributed by atoms with E-state index in [1.54, 1.807) is 24.3 Å². The lowest BCUT2D eigenvalue weighted by molar-refractivity contribution is -0.114. The Bertz CT molecular complexity index is 815. The highest BCUT2D eigenvalue weighted by Crippen LogP contribution is 2.17. The molecule has 2 aromatic carbocycles. The zero-order valence-corrected chi connectivity index (χ0v) is 17.4. The summed E-state index contributed by atoms with van der Waals surface area (Å²) in [6, 6.07) is 14.5. The fraction of sp³-hybridized carbons (Fsp3) is 0.391. The third-order valence-electron chi connectivity index (χ3n) is 4.82. The highest BCUT2D eigenvalue weighted by molar-refractivity contribution is 5.95. The predicted octanol–water partition coefficient (Wildman–Crippen LogP) is 3.39. The molecule has 1 aliphatic heterocycles. The van der Waals surface area contributed by atoms with Crippen molar-refractivity contribution in [3.63, 3.8) is 0 Å². The SMILES string of the molecule is CCOCCOc1ccc(NC(=O)CNc2ccc(C(=O)N3CCCC3)cc2)cc1. The molecule has 3 rings (SSSR count). The van der Waals surface area contributed by atoms with E-state index in [9.17, 15) is 9.59 Å². The number of likely N-dealkylation sites (tertiary alicyclic amines) is 1. The summed E-state index contributed by atoms with van der Waals surface area (Å²) < 4.78 is 10.8. The van der Waals surface area contributed by atoms with Gasteiger partial charge in [0.1, 0.15) is 12.4 Å². The van der Waals surface area contributed by atoms with Crippen LogP contribution in [0.4, 0.5) is 11.4 Å². The van der Waals surface area contributed by atoms with Gasteiger partial charge in [-0.2, -0.15) is 0 Å². The molecule has 0 radical (unpaired) electrons. The van der Waals surface area contributed by atoms with Crippen LogP contribution in [-0.2, 0) is 9.53 Å². The largest absolute Gasteiger partial charge is 0.491 e. The molecule has 1 fully saturated rings. The van der Waals surface area contributed by atoms with Gasteiger partial charge in [-0.3, -0.25) is 9.59 Å². The maximum atomic E-state index is 12.4. The van der Waals surface area contributed by atoms with E-state index in [1.807, 2.05) is 36.1 Å². The molecule has 0 atom stereocenters. The van der Waals surface area contributed by atoms with Gasteiger partial charge in [-0.15, -0.1) is 0 Å². The highest BCUT2D eigenvalue weighted by atomic mass is 16.5. The summed E-state index contributed by atoms with van der Waals surface area (Å²) in [4.78, 5) is 26.4. The maximum absolute atomic E-state index is 12.4. The zero-order chi connectivity index (χ0) is 21.2. The standard InChI is InChI=1S/C23H29N3O4/c1-2-29-15-16-30-21-11-9-20(10-12-21)25-22(27)17-24-19-7-5-18(6-8-19)23(28)26-13-3-4-14-26/h5-12,24H,2-4,13-17H2,1H3,(H,25,27). The van der Waals surface area contributed by atoms with Gasteiger partial charge in [-0.05, 0) is 68.3 Å². The number of nitrogens with zero attached hydrogens (tertiary/aromatic N) is 1. The Morgan fingerprint density at radius 2 is 1.60 bits per heavy atom. The smallest absolute Gasteiger partial charge is 0.253 e. The summed E-state index contributed by atoms with van der Waals surface area (Å²) in [5.41, 5.74) is 2.17. The summed E-state index contributed by atoms with van der Waals surface area (Å²) in [6.45, 7) is 5.45. The summed E-state index contributed by atoms with van der Waals surface area (Å²) >= 11 is 0. The van der Waals surface area contributed by atoms with Crippen molar-refractivity contribution >= 4 is 23.2 Å². The number of amides is 2. The van der Waals surface area contributed by atoms with Crippen LogP contribution in [0.3, 0.4) is 0 Å². The van der Waals surface area contributed by atoms with E-state index in [0.717, 1.165) is 37.4 Å². The van der Waals surface area contributed by atoms with Crippen LogP contribution in [-0.4, -0.2) is 56.2 Å². The number of carbonyl (C=O) groups is 2. The Balaban J connectivity index is 1.41.